The summed E-state index contributed by atoms with van der Waals surface area (Å²) in [5.41, 5.74) is 1.68. The van der Waals surface area contributed by atoms with Gasteiger partial charge in [0.2, 0.25) is 0 Å². The zero-order valence-electron chi connectivity index (χ0n) is 6.50. The van der Waals surface area contributed by atoms with E-state index in [0.717, 1.165) is 5.56 Å². The molecule has 0 radical (unpaired) electrons. The Balaban J connectivity index is 2.88. The minimum Gasteiger partial charge on any atom is -0.192 e. The van der Waals surface area contributed by atoms with Crippen LogP contribution in [0.1, 0.15) is 11.1 Å². The molecule has 1 nitrogen and oxygen atoms in total. The van der Waals surface area contributed by atoms with Gasteiger partial charge in [0, 0.05) is 5.88 Å². The van der Waals surface area contributed by atoms with E-state index >= 15 is 0 Å². The summed E-state index contributed by atoms with van der Waals surface area (Å²) in [7, 11) is 0. The fraction of sp³-hybridized carbons (Fsp3) is 0.100. The maximum Gasteiger partial charge on any atom is 0.0991 e. The Bertz CT molecular complexity index is 323. The van der Waals surface area contributed by atoms with Gasteiger partial charge in [-0.2, -0.15) is 5.26 Å². The number of hydrogen-bond donors (Lipinski definition) is 0. The summed E-state index contributed by atoms with van der Waals surface area (Å²) in [5.74, 6) is 0.497. The van der Waals surface area contributed by atoms with Gasteiger partial charge in [-0.1, -0.05) is 24.3 Å². The van der Waals surface area contributed by atoms with Crippen molar-refractivity contribution in [1.29, 1.82) is 5.26 Å². The van der Waals surface area contributed by atoms with E-state index in [1.807, 2.05) is 30.4 Å². The molecule has 0 aliphatic rings. The lowest BCUT2D eigenvalue weighted by molar-refractivity contribution is 1.48. The van der Waals surface area contributed by atoms with Gasteiger partial charge in [0.05, 0.1) is 11.6 Å². The van der Waals surface area contributed by atoms with E-state index in [0.29, 0.717) is 11.4 Å². The Morgan fingerprint density at radius 2 is 2.33 bits per heavy atom. The number of alkyl halides is 1. The molecule has 0 saturated heterocycles. The van der Waals surface area contributed by atoms with E-state index < -0.39 is 0 Å². The monoisotopic (exact) mass is 177 g/mol. The van der Waals surface area contributed by atoms with Crippen molar-refractivity contribution in [2.24, 2.45) is 0 Å². The Morgan fingerprint density at radius 1 is 1.50 bits per heavy atom. The van der Waals surface area contributed by atoms with Gasteiger partial charge in [0.1, 0.15) is 0 Å². The first kappa shape index (κ1) is 8.83. The molecule has 0 aliphatic heterocycles. The molecule has 0 saturated carbocycles. The zero-order chi connectivity index (χ0) is 8.81. The van der Waals surface area contributed by atoms with Gasteiger partial charge >= 0.3 is 0 Å². The van der Waals surface area contributed by atoms with Gasteiger partial charge < -0.3 is 0 Å². The van der Waals surface area contributed by atoms with Crippen molar-refractivity contribution in [2.45, 2.75) is 0 Å². The Hall–Kier alpha value is -1.26. The van der Waals surface area contributed by atoms with Crippen molar-refractivity contribution in [3.63, 3.8) is 0 Å². The normalized spacial score (nSPS) is 10.0. The summed E-state index contributed by atoms with van der Waals surface area (Å²) in [6.07, 6.45) is 3.74. The summed E-state index contributed by atoms with van der Waals surface area (Å²) in [4.78, 5) is 0. The second kappa shape index (κ2) is 4.58. The summed E-state index contributed by atoms with van der Waals surface area (Å²) in [6, 6.07) is 9.46. The number of hydrogen-bond acceptors (Lipinski definition) is 1. The van der Waals surface area contributed by atoms with Crippen molar-refractivity contribution in [3.8, 4) is 6.07 Å². The number of nitriles is 1. The van der Waals surface area contributed by atoms with E-state index in [1.54, 1.807) is 6.07 Å². The number of nitrogens with zero attached hydrogens (tertiary/aromatic N) is 1. The quantitative estimate of drug-likeness (QED) is 0.638. The molecule has 0 spiro atoms. The molecule has 0 N–H and O–H groups in total. The van der Waals surface area contributed by atoms with Crippen LogP contribution in [0.4, 0.5) is 0 Å². The van der Waals surface area contributed by atoms with E-state index in [2.05, 4.69) is 6.07 Å². The highest BCUT2D eigenvalue weighted by Gasteiger charge is 1.89. The summed E-state index contributed by atoms with van der Waals surface area (Å²) >= 11 is 5.47. The molecule has 1 aromatic carbocycles. The Kier molecular flexibility index (Phi) is 3.37. The van der Waals surface area contributed by atoms with Crippen LogP contribution in [0.15, 0.2) is 30.3 Å². The lowest BCUT2D eigenvalue weighted by Crippen LogP contribution is -1.75. The number of benzene rings is 1. The summed E-state index contributed by atoms with van der Waals surface area (Å²) in [5, 5.41) is 8.59. The molecular formula is C10H8ClN. The van der Waals surface area contributed by atoms with Crippen LogP contribution in [0.5, 0.6) is 0 Å². The van der Waals surface area contributed by atoms with Crippen LogP contribution in [0, 0.1) is 11.3 Å². The number of rotatable bonds is 2. The lowest BCUT2D eigenvalue weighted by atomic mass is 10.1. The molecule has 60 valence electrons. The predicted octanol–water partition coefficient (Wildman–Crippen LogP) is 2.81. The first-order valence-electron chi connectivity index (χ1n) is 3.59. The average molecular weight is 178 g/mol. The minimum absolute atomic E-state index is 0.497. The standard InChI is InChI=1S/C10H8ClN/c11-6-2-5-9-3-1-4-10(7-9)8-12/h1-5,7H,6H2/b5-2+. The molecule has 0 unspecified atom stereocenters. The highest BCUT2D eigenvalue weighted by Crippen LogP contribution is 2.05. The van der Waals surface area contributed by atoms with E-state index in [4.69, 9.17) is 16.9 Å². The van der Waals surface area contributed by atoms with Crippen LogP contribution in [0.3, 0.4) is 0 Å². The molecule has 1 aromatic rings. The molecule has 0 amide bonds. The van der Waals surface area contributed by atoms with Crippen LogP contribution in [-0.4, -0.2) is 5.88 Å². The van der Waals surface area contributed by atoms with Crippen molar-refractivity contribution in [2.75, 3.05) is 5.88 Å². The maximum absolute atomic E-state index is 8.59. The number of allylic oxidation sites excluding steroid dienone is 1. The lowest BCUT2D eigenvalue weighted by Gasteiger charge is -1.92. The van der Waals surface area contributed by atoms with Crippen LogP contribution in [-0.2, 0) is 0 Å². The van der Waals surface area contributed by atoms with E-state index in [9.17, 15) is 0 Å². The third kappa shape index (κ3) is 2.41. The van der Waals surface area contributed by atoms with Gasteiger partial charge in [-0.25, -0.2) is 0 Å². The van der Waals surface area contributed by atoms with E-state index in [-0.39, 0.29) is 0 Å². The van der Waals surface area contributed by atoms with Crippen LogP contribution < -0.4 is 0 Å². The van der Waals surface area contributed by atoms with Crippen LogP contribution in [0.25, 0.3) is 6.08 Å². The van der Waals surface area contributed by atoms with Gasteiger partial charge in [0.15, 0.2) is 0 Å². The fourth-order valence-corrected chi connectivity index (χ4v) is 0.982. The molecule has 12 heavy (non-hydrogen) atoms. The van der Waals surface area contributed by atoms with Crippen molar-refractivity contribution < 1.29 is 0 Å². The summed E-state index contributed by atoms with van der Waals surface area (Å²) < 4.78 is 0. The van der Waals surface area contributed by atoms with Gasteiger partial charge in [-0.3, -0.25) is 0 Å². The molecule has 0 atom stereocenters. The molecule has 0 fully saturated rings. The third-order valence-electron chi connectivity index (χ3n) is 1.42. The van der Waals surface area contributed by atoms with Crippen LogP contribution in [0.2, 0.25) is 0 Å². The largest absolute Gasteiger partial charge is 0.192 e. The Labute approximate surface area is 76.9 Å². The molecule has 2 heteroatoms. The topological polar surface area (TPSA) is 23.8 Å². The van der Waals surface area contributed by atoms with Gasteiger partial charge in [-0.15, -0.1) is 11.6 Å². The predicted molar refractivity (Wildman–Crippen MR) is 50.9 cm³/mol. The summed E-state index contributed by atoms with van der Waals surface area (Å²) in [6.45, 7) is 0. The van der Waals surface area contributed by atoms with Crippen molar-refractivity contribution in [1.82, 2.24) is 0 Å². The molecular weight excluding hydrogens is 170 g/mol. The van der Waals surface area contributed by atoms with Gasteiger partial charge in [0.25, 0.3) is 0 Å². The van der Waals surface area contributed by atoms with Gasteiger partial charge in [-0.05, 0) is 17.7 Å². The van der Waals surface area contributed by atoms with E-state index in [1.165, 1.54) is 0 Å². The van der Waals surface area contributed by atoms with Crippen molar-refractivity contribution in [3.05, 3.63) is 41.5 Å². The highest BCUT2D eigenvalue weighted by atomic mass is 35.5. The maximum atomic E-state index is 8.59. The zero-order valence-corrected chi connectivity index (χ0v) is 7.25. The average Bonchev–Trinajstić information content (AvgIpc) is 2.15. The SMILES string of the molecule is N#Cc1cccc(/C=C/CCl)c1. The fourth-order valence-electron chi connectivity index (χ4n) is 0.893. The highest BCUT2D eigenvalue weighted by molar-refractivity contribution is 6.19. The Morgan fingerprint density at radius 3 is 3.00 bits per heavy atom. The second-order valence-electron chi connectivity index (χ2n) is 2.29. The molecule has 0 aliphatic carbocycles. The third-order valence-corrected chi connectivity index (χ3v) is 1.59. The number of halogens is 1. The minimum atomic E-state index is 0.497. The van der Waals surface area contributed by atoms with Crippen LogP contribution >= 0.6 is 11.6 Å². The molecule has 0 bridgehead atoms. The molecule has 0 heterocycles. The molecule has 1 rings (SSSR count). The molecule has 0 aromatic heterocycles. The first-order chi connectivity index (χ1) is 5.86. The van der Waals surface area contributed by atoms with Crippen molar-refractivity contribution >= 4 is 17.7 Å². The second-order valence-corrected chi connectivity index (χ2v) is 2.60. The first-order valence-corrected chi connectivity index (χ1v) is 4.13. The smallest absolute Gasteiger partial charge is 0.0991 e.